The maximum Gasteiger partial charge on any atom is 0.193 e. The molecule has 22 heavy (non-hydrogen) atoms. The molecule has 0 aliphatic heterocycles. The van der Waals surface area contributed by atoms with Gasteiger partial charge in [-0.3, -0.25) is 4.99 Å². The Kier molecular flexibility index (Phi) is 5.57. The molecule has 116 valence electrons. The van der Waals surface area contributed by atoms with E-state index in [0.29, 0.717) is 0 Å². The Bertz CT molecular complexity index is 744. The third-order valence-electron chi connectivity index (χ3n) is 2.86. The number of hydrogen-bond acceptors (Lipinski definition) is 3. The molecule has 0 bridgehead atoms. The van der Waals surface area contributed by atoms with E-state index in [1.165, 1.54) is 0 Å². The zero-order valence-corrected chi connectivity index (χ0v) is 14.1. The fourth-order valence-electron chi connectivity index (χ4n) is 1.75. The normalized spacial score (nSPS) is 12.1. The zero-order chi connectivity index (χ0) is 16.0. The highest BCUT2D eigenvalue weighted by Crippen LogP contribution is 2.15. The number of sulfone groups is 1. The first-order chi connectivity index (χ1) is 10.5. The number of rotatable bonds is 5. The van der Waals surface area contributed by atoms with Crippen LogP contribution in [0, 0.1) is 0 Å². The summed E-state index contributed by atoms with van der Waals surface area (Å²) in [5.41, 5.74) is 6.54. The highest BCUT2D eigenvalue weighted by molar-refractivity contribution is 9.10. The molecule has 3 N–H and O–H groups in total. The molecule has 0 heterocycles. The second-order valence-corrected chi connectivity index (χ2v) is 7.56. The SMILES string of the molecule is NC(=NCCS(=O)(=O)c1ccc(Br)cc1)Nc1ccccc1. The number of guanidine groups is 1. The van der Waals surface area contributed by atoms with Crippen molar-refractivity contribution in [2.45, 2.75) is 4.90 Å². The van der Waals surface area contributed by atoms with Crippen LogP contribution in [0.15, 0.2) is 69.0 Å². The monoisotopic (exact) mass is 381 g/mol. The van der Waals surface area contributed by atoms with Crippen LogP contribution in [0.1, 0.15) is 0 Å². The first-order valence-electron chi connectivity index (χ1n) is 6.58. The first kappa shape index (κ1) is 16.5. The van der Waals surface area contributed by atoms with Gasteiger partial charge in [-0.2, -0.15) is 0 Å². The number of nitrogens with two attached hydrogens (primary N) is 1. The van der Waals surface area contributed by atoms with Crippen LogP contribution in [0.4, 0.5) is 5.69 Å². The van der Waals surface area contributed by atoms with E-state index in [4.69, 9.17) is 5.73 Å². The fourth-order valence-corrected chi connectivity index (χ4v) is 3.14. The summed E-state index contributed by atoms with van der Waals surface area (Å²) in [7, 11) is -3.36. The average molecular weight is 382 g/mol. The number of nitrogens with one attached hydrogen (secondary N) is 1. The Balaban J connectivity index is 1.94. The zero-order valence-electron chi connectivity index (χ0n) is 11.7. The second kappa shape index (κ2) is 7.42. The van der Waals surface area contributed by atoms with Crippen LogP contribution in [-0.2, 0) is 9.84 Å². The van der Waals surface area contributed by atoms with E-state index < -0.39 is 9.84 Å². The standard InChI is InChI=1S/C15H16BrN3O2S/c16-12-6-8-14(9-7-12)22(20,21)11-10-18-15(17)19-13-4-2-1-3-5-13/h1-9H,10-11H2,(H3,17,18,19). The number of anilines is 1. The highest BCUT2D eigenvalue weighted by Gasteiger charge is 2.13. The maximum atomic E-state index is 12.1. The van der Waals surface area contributed by atoms with Gasteiger partial charge >= 0.3 is 0 Å². The van der Waals surface area contributed by atoms with Gasteiger partial charge in [-0.15, -0.1) is 0 Å². The summed E-state index contributed by atoms with van der Waals surface area (Å²) >= 11 is 3.27. The summed E-state index contributed by atoms with van der Waals surface area (Å²) in [6.45, 7) is 0.101. The molecule has 2 rings (SSSR count). The summed E-state index contributed by atoms with van der Waals surface area (Å²) < 4.78 is 25.1. The van der Waals surface area contributed by atoms with Crippen molar-refractivity contribution < 1.29 is 8.42 Å². The summed E-state index contributed by atoms with van der Waals surface area (Å²) in [6.07, 6.45) is 0. The lowest BCUT2D eigenvalue weighted by Crippen LogP contribution is -2.23. The Morgan fingerprint density at radius 1 is 1.09 bits per heavy atom. The van der Waals surface area contributed by atoms with E-state index in [1.807, 2.05) is 30.3 Å². The first-order valence-corrected chi connectivity index (χ1v) is 9.02. The van der Waals surface area contributed by atoms with Crippen molar-refractivity contribution in [2.24, 2.45) is 10.7 Å². The minimum absolute atomic E-state index is 0.0915. The molecular formula is C15H16BrN3O2S. The molecule has 0 amide bonds. The van der Waals surface area contributed by atoms with E-state index >= 15 is 0 Å². The van der Waals surface area contributed by atoms with Crippen LogP contribution in [0.2, 0.25) is 0 Å². The van der Waals surface area contributed by atoms with E-state index in [1.54, 1.807) is 24.3 Å². The van der Waals surface area contributed by atoms with Crippen LogP contribution < -0.4 is 11.1 Å². The van der Waals surface area contributed by atoms with Gasteiger partial charge in [0.15, 0.2) is 15.8 Å². The molecule has 0 saturated carbocycles. The topological polar surface area (TPSA) is 84.5 Å². The quantitative estimate of drug-likeness (QED) is 0.615. The molecule has 0 aliphatic carbocycles. The van der Waals surface area contributed by atoms with Crippen LogP contribution in [0.3, 0.4) is 0 Å². The lowest BCUT2D eigenvalue weighted by atomic mass is 10.3. The molecule has 0 spiro atoms. The van der Waals surface area contributed by atoms with Gasteiger partial charge in [0.2, 0.25) is 0 Å². The van der Waals surface area contributed by atoms with Crippen LogP contribution >= 0.6 is 15.9 Å². The van der Waals surface area contributed by atoms with Crippen LogP contribution in [0.5, 0.6) is 0 Å². The molecule has 2 aromatic rings. The molecule has 0 unspecified atom stereocenters. The van der Waals surface area contributed by atoms with Gasteiger partial charge in [0.1, 0.15) is 0 Å². The van der Waals surface area contributed by atoms with Crippen molar-refractivity contribution in [3.63, 3.8) is 0 Å². The van der Waals surface area contributed by atoms with Gasteiger partial charge < -0.3 is 11.1 Å². The molecule has 5 nitrogen and oxygen atoms in total. The number of halogens is 1. The number of hydrogen-bond donors (Lipinski definition) is 2. The van der Waals surface area contributed by atoms with E-state index in [-0.39, 0.29) is 23.2 Å². The smallest absolute Gasteiger partial charge is 0.193 e. The minimum Gasteiger partial charge on any atom is -0.370 e. The Labute approximate surface area is 138 Å². The predicted octanol–water partition coefficient (Wildman–Crippen LogP) is 2.65. The van der Waals surface area contributed by atoms with E-state index in [9.17, 15) is 8.42 Å². The molecule has 7 heteroatoms. The van der Waals surface area contributed by atoms with Gasteiger partial charge in [-0.05, 0) is 36.4 Å². The summed E-state index contributed by atoms with van der Waals surface area (Å²) in [6, 6.07) is 15.8. The van der Waals surface area contributed by atoms with Crippen molar-refractivity contribution in [3.8, 4) is 0 Å². The van der Waals surface area contributed by atoms with Crippen molar-refractivity contribution in [3.05, 3.63) is 59.1 Å². The largest absolute Gasteiger partial charge is 0.370 e. The van der Waals surface area contributed by atoms with Gasteiger partial charge in [-0.25, -0.2) is 8.42 Å². The number of para-hydroxylation sites is 1. The van der Waals surface area contributed by atoms with Crippen LogP contribution in [0.25, 0.3) is 0 Å². The number of benzene rings is 2. The molecule has 0 saturated heterocycles. The predicted molar refractivity (Wildman–Crippen MR) is 92.7 cm³/mol. The summed E-state index contributed by atoms with van der Waals surface area (Å²) in [5.74, 6) is 0.100. The number of nitrogens with zero attached hydrogens (tertiary/aromatic N) is 1. The minimum atomic E-state index is -3.36. The summed E-state index contributed by atoms with van der Waals surface area (Å²) in [5, 5.41) is 2.90. The van der Waals surface area contributed by atoms with Crippen molar-refractivity contribution in [1.29, 1.82) is 0 Å². The molecule has 0 atom stereocenters. The Morgan fingerprint density at radius 2 is 1.73 bits per heavy atom. The number of aliphatic imine (C=N–C) groups is 1. The lowest BCUT2D eigenvalue weighted by Gasteiger charge is -2.06. The molecule has 0 radical (unpaired) electrons. The maximum absolute atomic E-state index is 12.1. The molecule has 0 aliphatic rings. The third-order valence-corrected chi connectivity index (χ3v) is 5.10. The summed E-state index contributed by atoms with van der Waals surface area (Å²) in [4.78, 5) is 4.32. The van der Waals surface area contributed by atoms with Gasteiger partial charge in [-0.1, -0.05) is 34.1 Å². The average Bonchev–Trinajstić information content (AvgIpc) is 2.48. The molecule has 0 fully saturated rings. The third kappa shape index (κ3) is 4.85. The van der Waals surface area contributed by atoms with Gasteiger partial charge in [0, 0.05) is 10.2 Å². The van der Waals surface area contributed by atoms with Crippen molar-refractivity contribution >= 4 is 37.4 Å². The van der Waals surface area contributed by atoms with E-state index in [0.717, 1.165) is 10.2 Å². The lowest BCUT2D eigenvalue weighted by molar-refractivity contribution is 0.596. The molecule has 2 aromatic carbocycles. The molecular weight excluding hydrogens is 366 g/mol. The fraction of sp³-hybridized carbons (Fsp3) is 0.133. The van der Waals surface area contributed by atoms with Gasteiger partial charge in [0.25, 0.3) is 0 Å². The second-order valence-electron chi connectivity index (χ2n) is 4.53. The molecule has 0 aromatic heterocycles. The Morgan fingerprint density at radius 3 is 2.36 bits per heavy atom. The highest BCUT2D eigenvalue weighted by atomic mass is 79.9. The van der Waals surface area contributed by atoms with Crippen molar-refractivity contribution in [1.82, 2.24) is 0 Å². The van der Waals surface area contributed by atoms with Crippen LogP contribution in [-0.4, -0.2) is 26.7 Å². The van der Waals surface area contributed by atoms with Crippen molar-refractivity contribution in [2.75, 3.05) is 17.6 Å². The van der Waals surface area contributed by atoms with E-state index in [2.05, 4.69) is 26.2 Å². The Hall–Kier alpha value is -1.86. The van der Waals surface area contributed by atoms with Gasteiger partial charge in [0.05, 0.1) is 17.2 Å².